The zero-order chi connectivity index (χ0) is 16.8. The molecule has 2 rings (SSSR count). The normalized spacial score (nSPS) is 11.8. The van der Waals surface area contributed by atoms with Crippen LogP contribution in [0.2, 0.25) is 0 Å². The molecule has 1 atom stereocenters. The number of hydrogen-bond acceptors (Lipinski definition) is 4. The van der Waals surface area contributed by atoms with E-state index >= 15 is 0 Å². The minimum atomic E-state index is -0.158. The van der Waals surface area contributed by atoms with Crippen molar-refractivity contribution in [2.75, 3.05) is 0 Å². The average molecular weight is 313 g/mol. The van der Waals surface area contributed by atoms with E-state index in [1.165, 1.54) is 0 Å². The molecule has 5 nitrogen and oxygen atoms in total. The molecule has 0 saturated carbocycles. The Morgan fingerprint density at radius 3 is 2.61 bits per heavy atom. The number of benzene rings is 1. The molecule has 0 bridgehead atoms. The molecule has 0 saturated heterocycles. The van der Waals surface area contributed by atoms with Gasteiger partial charge in [-0.05, 0) is 38.0 Å². The summed E-state index contributed by atoms with van der Waals surface area (Å²) in [5, 5.41) is 2.85. The van der Waals surface area contributed by atoms with Crippen molar-refractivity contribution in [2.24, 2.45) is 5.73 Å². The molecular weight excluding hydrogens is 290 g/mol. The molecule has 0 radical (unpaired) electrons. The van der Waals surface area contributed by atoms with Crippen molar-refractivity contribution in [3.05, 3.63) is 53.2 Å². The number of pyridine rings is 1. The Morgan fingerprint density at radius 2 is 1.96 bits per heavy atom. The van der Waals surface area contributed by atoms with Gasteiger partial charge >= 0.3 is 0 Å². The number of para-hydroxylation sites is 1. The number of amides is 1. The SMILES string of the molecule is Cc1cccc(C)c1Oc1ncccc1CNC(=O)CC(C)N. The summed E-state index contributed by atoms with van der Waals surface area (Å²) in [6.07, 6.45) is 1.98. The molecule has 0 aliphatic heterocycles. The topological polar surface area (TPSA) is 77.2 Å². The lowest BCUT2D eigenvalue weighted by Gasteiger charge is -2.14. The fraction of sp³-hybridized carbons (Fsp3) is 0.333. The van der Waals surface area contributed by atoms with Gasteiger partial charge in [-0.1, -0.05) is 24.3 Å². The number of aryl methyl sites for hydroxylation is 2. The average Bonchev–Trinajstić information content (AvgIpc) is 2.49. The molecule has 23 heavy (non-hydrogen) atoms. The summed E-state index contributed by atoms with van der Waals surface area (Å²) >= 11 is 0. The number of nitrogens with two attached hydrogens (primary N) is 1. The van der Waals surface area contributed by atoms with Gasteiger partial charge in [0.1, 0.15) is 5.75 Å². The number of ether oxygens (including phenoxy) is 1. The summed E-state index contributed by atoms with van der Waals surface area (Å²) in [7, 11) is 0. The zero-order valence-corrected chi connectivity index (χ0v) is 13.8. The van der Waals surface area contributed by atoms with E-state index in [4.69, 9.17) is 10.5 Å². The summed E-state index contributed by atoms with van der Waals surface area (Å²) in [5.74, 6) is 1.22. The molecule has 1 unspecified atom stereocenters. The van der Waals surface area contributed by atoms with Crippen LogP contribution in [0.1, 0.15) is 30.0 Å². The number of hydrogen-bond donors (Lipinski definition) is 2. The fourth-order valence-corrected chi connectivity index (χ4v) is 2.27. The first-order valence-electron chi connectivity index (χ1n) is 7.67. The molecule has 5 heteroatoms. The van der Waals surface area contributed by atoms with Crippen molar-refractivity contribution >= 4 is 5.91 Å². The van der Waals surface area contributed by atoms with Gasteiger partial charge in [0.25, 0.3) is 0 Å². The highest BCUT2D eigenvalue weighted by molar-refractivity contribution is 5.76. The third kappa shape index (κ3) is 4.79. The van der Waals surface area contributed by atoms with Crippen LogP contribution in [-0.2, 0) is 11.3 Å². The molecule has 0 spiro atoms. The van der Waals surface area contributed by atoms with Crippen molar-refractivity contribution < 1.29 is 9.53 Å². The van der Waals surface area contributed by atoms with E-state index in [9.17, 15) is 4.79 Å². The minimum Gasteiger partial charge on any atom is -0.438 e. The van der Waals surface area contributed by atoms with Gasteiger partial charge in [-0.3, -0.25) is 4.79 Å². The molecule has 122 valence electrons. The molecule has 1 aromatic heterocycles. The Kier molecular flexibility index (Phi) is 5.71. The predicted octanol–water partition coefficient (Wildman–Crippen LogP) is 2.84. The molecule has 0 aliphatic carbocycles. The van der Waals surface area contributed by atoms with Crippen LogP contribution < -0.4 is 15.8 Å². The summed E-state index contributed by atoms with van der Waals surface area (Å²) in [4.78, 5) is 16.0. The number of carbonyl (C=O) groups is 1. The maximum Gasteiger partial charge on any atom is 0.224 e. The monoisotopic (exact) mass is 313 g/mol. The van der Waals surface area contributed by atoms with Crippen LogP contribution in [0.3, 0.4) is 0 Å². The highest BCUT2D eigenvalue weighted by Gasteiger charge is 2.11. The highest BCUT2D eigenvalue weighted by Crippen LogP contribution is 2.29. The Hall–Kier alpha value is -2.40. The third-order valence-corrected chi connectivity index (χ3v) is 3.44. The van der Waals surface area contributed by atoms with E-state index in [1.807, 2.05) is 44.2 Å². The summed E-state index contributed by atoms with van der Waals surface area (Å²) in [6.45, 7) is 6.16. The molecule has 3 N–H and O–H groups in total. The fourth-order valence-electron chi connectivity index (χ4n) is 2.27. The van der Waals surface area contributed by atoms with Gasteiger partial charge in [0.2, 0.25) is 11.8 Å². The van der Waals surface area contributed by atoms with Gasteiger partial charge in [-0.15, -0.1) is 0 Å². The summed E-state index contributed by atoms with van der Waals surface area (Å²) in [5.41, 5.74) is 8.54. The van der Waals surface area contributed by atoms with Crippen molar-refractivity contribution in [3.8, 4) is 11.6 Å². The predicted molar refractivity (Wildman–Crippen MR) is 90.3 cm³/mol. The first kappa shape index (κ1) is 17.0. The van der Waals surface area contributed by atoms with Crippen LogP contribution in [0, 0.1) is 13.8 Å². The number of nitrogens with one attached hydrogen (secondary N) is 1. The Balaban J connectivity index is 2.13. The van der Waals surface area contributed by atoms with Crippen LogP contribution in [-0.4, -0.2) is 16.9 Å². The molecule has 1 heterocycles. The molecule has 0 fully saturated rings. The second-order valence-corrected chi connectivity index (χ2v) is 5.75. The third-order valence-electron chi connectivity index (χ3n) is 3.44. The standard InChI is InChI=1S/C18H23N3O2/c1-12-6-4-7-13(2)17(12)23-18-15(8-5-9-20-18)11-21-16(22)10-14(3)19/h4-9,14H,10-11,19H2,1-3H3,(H,21,22). The van der Waals surface area contributed by atoms with E-state index in [0.29, 0.717) is 18.8 Å². The Bertz CT molecular complexity index is 663. The van der Waals surface area contributed by atoms with E-state index in [2.05, 4.69) is 10.3 Å². The maximum absolute atomic E-state index is 11.8. The summed E-state index contributed by atoms with van der Waals surface area (Å²) < 4.78 is 6.00. The van der Waals surface area contributed by atoms with E-state index in [0.717, 1.165) is 22.4 Å². The van der Waals surface area contributed by atoms with Crippen molar-refractivity contribution in [1.82, 2.24) is 10.3 Å². The van der Waals surface area contributed by atoms with Crippen LogP contribution in [0.25, 0.3) is 0 Å². The van der Waals surface area contributed by atoms with E-state index < -0.39 is 0 Å². The highest BCUT2D eigenvalue weighted by atomic mass is 16.5. The smallest absolute Gasteiger partial charge is 0.224 e. The summed E-state index contributed by atoms with van der Waals surface area (Å²) in [6, 6.07) is 9.54. The number of carbonyl (C=O) groups excluding carboxylic acids is 1. The maximum atomic E-state index is 11.8. The van der Waals surface area contributed by atoms with Gasteiger partial charge in [0.15, 0.2) is 0 Å². The quantitative estimate of drug-likeness (QED) is 0.859. The first-order chi connectivity index (χ1) is 11.0. The van der Waals surface area contributed by atoms with Crippen molar-refractivity contribution in [2.45, 2.75) is 39.8 Å². The number of nitrogens with zero attached hydrogens (tertiary/aromatic N) is 1. The number of aromatic nitrogens is 1. The van der Waals surface area contributed by atoms with Crippen LogP contribution in [0.4, 0.5) is 0 Å². The lowest BCUT2D eigenvalue weighted by Crippen LogP contribution is -2.29. The number of rotatable bonds is 6. The molecular formula is C18H23N3O2. The van der Waals surface area contributed by atoms with Crippen LogP contribution in [0.5, 0.6) is 11.6 Å². The van der Waals surface area contributed by atoms with Gasteiger partial charge in [0, 0.05) is 30.8 Å². The van der Waals surface area contributed by atoms with Crippen molar-refractivity contribution in [1.29, 1.82) is 0 Å². The Labute approximate surface area is 136 Å². The van der Waals surface area contributed by atoms with Gasteiger partial charge in [-0.2, -0.15) is 0 Å². The second kappa shape index (κ2) is 7.74. The molecule has 2 aromatic rings. The van der Waals surface area contributed by atoms with Crippen molar-refractivity contribution in [3.63, 3.8) is 0 Å². The van der Waals surface area contributed by atoms with Crippen LogP contribution in [0.15, 0.2) is 36.5 Å². The first-order valence-corrected chi connectivity index (χ1v) is 7.67. The van der Waals surface area contributed by atoms with E-state index in [1.54, 1.807) is 13.1 Å². The van der Waals surface area contributed by atoms with Gasteiger partial charge in [-0.25, -0.2) is 4.98 Å². The second-order valence-electron chi connectivity index (χ2n) is 5.75. The van der Waals surface area contributed by atoms with Gasteiger partial charge in [0.05, 0.1) is 0 Å². The molecule has 0 aliphatic rings. The zero-order valence-electron chi connectivity index (χ0n) is 13.8. The Morgan fingerprint density at radius 1 is 1.26 bits per heavy atom. The minimum absolute atomic E-state index is 0.0816. The van der Waals surface area contributed by atoms with Crippen LogP contribution >= 0.6 is 0 Å². The van der Waals surface area contributed by atoms with Gasteiger partial charge < -0.3 is 15.8 Å². The lowest BCUT2D eigenvalue weighted by atomic mass is 10.1. The van der Waals surface area contributed by atoms with E-state index in [-0.39, 0.29) is 11.9 Å². The molecule has 1 aromatic carbocycles. The molecule has 1 amide bonds. The lowest BCUT2D eigenvalue weighted by molar-refractivity contribution is -0.121. The largest absolute Gasteiger partial charge is 0.438 e.